The molecule has 1 amide bonds. The number of carbonyl (C=O) groups is 1. The number of anilines is 3. The van der Waals surface area contributed by atoms with E-state index >= 15 is 0 Å². The number of carbonyl (C=O) groups excluding carboxylic acids is 1. The van der Waals surface area contributed by atoms with Gasteiger partial charge in [0.15, 0.2) is 0 Å². The number of rotatable bonds is 9. The van der Waals surface area contributed by atoms with E-state index in [0.29, 0.717) is 24.3 Å². The number of nitrogens with zero attached hydrogens (tertiary/aromatic N) is 2. The fourth-order valence-corrected chi connectivity index (χ4v) is 5.52. The number of aryl methyl sites for hydroxylation is 1. The van der Waals surface area contributed by atoms with Gasteiger partial charge < -0.3 is 15.5 Å². The zero-order chi connectivity index (χ0) is 22.4. The minimum Gasteiger partial charge on any atom is -0.376 e. The number of benzene rings is 2. The first kappa shape index (κ1) is 23.1. The van der Waals surface area contributed by atoms with E-state index < -0.39 is 10.0 Å². The number of amides is 1. The molecule has 1 heterocycles. The Bertz CT molecular complexity index is 996. The second-order valence-corrected chi connectivity index (χ2v) is 9.62. The zero-order valence-corrected chi connectivity index (χ0v) is 19.3. The Labute approximate surface area is 185 Å². The van der Waals surface area contributed by atoms with Crippen LogP contribution in [0.2, 0.25) is 0 Å². The third-order valence-electron chi connectivity index (χ3n) is 5.59. The summed E-state index contributed by atoms with van der Waals surface area (Å²) in [4.78, 5) is 15.0. The lowest BCUT2D eigenvalue weighted by molar-refractivity contribution is -0.114. The minimum atomic E-state index is -3.56. The van der Waals surface area contributed by atoms with Crippen molar-refractivity contribution in [2.45, 2.75) is 38.5 Å². The van der Waals surface area contributed by atoms with Crippen LogP contribution in [-0.4, -0.2) is 51.4 Å². The van der Waals surface area contributed by atoms with Crippen LogP contribution in [0.25, 0.3) is 0 Å². The van der Waals surface area contributed by atoms with Crippen molar-refractivity contribution in [3.05, 3.63) is 48.0 Å². The van der Waals surface area contributed by atoms with Gasteiger partial charge in [-0.15, -0.1) is 0 Å². The summed E-state index contributed by atoms with van der Waals surface area (Å²) in [5, 5.41) is 5.91. The van der Waals surface area contributed by atoms with Gasteiger partial charge in [-0.2, -0.15) is 4.31 Å². The van der Waals surface area contributed by atoms with E-state index in [1.54, 1.807) is 25.1 Å². The maximum atomic E-state index is 12.9. The van der Waals surface area contributed by atoms with Crippen molar-refractivity contribution in [2.24, 2.45) is 0 Å². The molecule has 0 saturated carbocycles. The van der Waals surface area contributed by atoms with Crippen LogP contribution in [0.1, 0.15) is 32.3 Å². The van der Waals surface area contributed by atoms with Gasteiger partial charge in [-0.3, -0.25) is 4.79 Å². The number of hydrogen-bond acceptors (Lipinski definition) is 5. The molecule has 168 valence electrons. The third-order valence-corrected chi connectivity index (χ3v) is 7.78. The molecule has 8 heteroatoms. The molecular formula is C23H32N4O3S. The molecule has 1 aliphatic heterocycles. The van der Waals surface area contributed by atoms with E-state index in [4.69, 9.17) is 0 Å². The first-order chi connectivity index (χ1) is 14.8. The molecule has 0 aromatic heterocycles. The minimum absolute atomic E-state index is 0.0433. The predicted molar refractivity (Wildman–Crippen MR) is 126 cm³/mol. The van der Waals surface area contributed by atoms with Gasteiger partial charge in [0.2, 0.25) is 15.9 Å². The molecule has 0 atom stereocenters. The van der Waals surface area contributed by atoms with Crippen molar-refractivity contribution in [3.63, 3.8) is 0 Å². The van der Waals surface area contributed by atoms with Crippen LogP contribution in [0, 0.1) is 6.92 Å². The Morgan fingerprint density at radius 3 is 2.23 bits per heavy atom. The molecular weight excluding hydrogens is 412 g/mol. The summed E-state index contributed by atoms with van der Waals surface area (Å²) < 4.78 is 27.2. The van der Waals surface area contributed by atoms with Gasteiger partial charge in [-0.25, -0.2) is 8.42 Å². The largest absolute Gasteiger partial charge is 0.376 e. The van der Waals surface area contributed by atoms with Crippen LogP contribution in [0.15, 0.2) is 47.4 Å². The van der Waals surface area contributed by atoms with Gasteiger partial charge in [0, 0.05) is 43.2 Å². The fourth-order valence-electron chi connectivity index (χ4n) is 3.81. The third kappa shape index (κ3) is 5.57. The van der Waals surface area contributed by atoms with Gasteiger partial charge in [0.25, 0.3) is 0 Å². The van der Waals surface area contributed by atoms with E-state index in [1.807, 2.05) is 38.1 Å². The maximum absolute atomic E-state index is 12.9. The van der Waals surface area contributed by atoms with Gasteiger partial charge in [0.05, 0.1) is 11.4 Å². The number of hydrogen-bond donors (Lipinski definition) is 2. The molecule has 2 aromatic rings. The van der Waals surface area contributed by atoms with Crippen molar-refractivity contribution in [1.29, 1.82) is 0 Å². The van der Waals surface area contributed by atoms with Crippen molar-refractivity contribution in [3.8, 4) is 0 Å². The van der Waals surface area contributed by atoms with E-state index in [1.165, 1.54) is 22.8 Å². The van der Waals surface area contributed by atoms with Gasteiger partial charge in [0.1, 0.15) is 0 Å². The number of sulfonamides is 1. The lowest BCUT2D eigenvalue weighted by atomic mass is 10.2. The first-order valence-electron chi connectivity index (χ1n) is 10.8. The van der Waals surface area contributed by atoms with E-state index in [0.717, 1.165) is 18.8 Å². The molecule has 2 aromatic carbocycles. The summed E-state index contributed by atoms with van der Waals surface area (Å²) in [5.41, 5.74) is 3.19. The molecule has 1 fully saturated rings. The molecule has 0 spiro atoms. The smallest absolute Gasteiger partial charge is 0.243 e. The topological polar surface area (TPSA) is 81.8 Å². The summed E-state index contributed by atoms with van der Waals surface area (Å²) in [6.45, 7) is 8.45. The molecule has 0 bridgehead atoms. The first-order valence-corrected chi connectivity index (χ1v) is 12.3. The Morgan fingerprint density at radius 2 is 1.61 bits per heavy atom. The zero-order valence-electron chi connectivity index (χ0n) is 18.5. The average Bonchev–Trinajstić information content (AvgIpc) is 3.29. The van der Waals surface area contributed by atoms with Crippen molar-refractivity contribution in [1.82, 2.24) is 4.31 Å². The summed E-state index contributed by atoms with van der Waals surface area (Å²) in [7, 11) is -3.56. The highest BCUT2D eigenvalue weighted by atomic mass is 32.2. The lowest BCUT2D eigenvalue weighted by Gasteiger charge is -2.20. The monoisotopic (exact) mass is 444 g/mol. The predicted octanol–water partition coefficient (Wildman–Crippen LogP) is 3.68. The van der Waals surface area contributed by atoms with E-state index in [2.05, 4.69) is 15.5 Å². The van der Waals surface area contributed by atoms with Crippen LogP contribution < -0.4 is 15.5 Å². The van der Waals surface area contributed by atoms with Crippen LogP contribution in [0.4, 0.5) is 17.1 Å². The normalized spacial score (nSPS) is 14.1. The summed E-state index contributed by atoms with van der Waals surface area (Å²) >= 11 is 0. The number of nitrogens with one attached hydrogen (secondary N) is 2. The highest BCUT2D eigenvalue weighted by Crippen LogP contribution is 2.24. The Morgan fingerprint density at radius 1 is 1.00 bits per heavy atom. The van der Waals surface area contributed by atoms with Crippen LogP contribution in [-0.2, 0) is 14.8 Å². The quantitative estimate of drug-likeness (QED) is 0.617. The Hall–Kier alpha value is -2.58. The lowest BCUT2D eigenvalue weighted by Crippen LogP contribution is -2.31. The molecule has 31 heavy (non-hydrogen) atoms. The summed E-state index contributed by atoms with van der Waals surface area (Å²) in [5.74, 6) is -0.192. The van der Waals surface area contributed by atoms with Gasteiger partial charge >= 0.3 is 0 Å². The van der Waals surface area contributed by atoms with E-state index in [9.17, 15) is 13.2 Å². The highest BCUT2D eigenvalue weighted by molar-refractivity contribution is 7.89. The molecule has 1 saturated heterocycles. The SMILES string of the molecule is CCN(CC)S(=O)(=O)c1cc(NCC(=O)Nc2ccc(N3CCCC3)cc2)ccc1C. The molecule has 0 aliphatic carbocycles. The van der Waals surface area contributed by atoms with Gasteiger partial charge in [-0.05, 0) is 61.7 Å². The summed E-state index contributed by atoms with van der Waals surface area (Å²) in [6.07, 6.45) is 2.45. The molecule has 2 N–H and O–H groups in total. The average molecular weight is 445 g/mol. The standard InChI is InChI=1S/C23H32N4O3S/c1-4-27(5-2)31(29,30)22-16-20(9-8-18(22)3)24-17-23(28)25-19-10-12-21(13-11-19)26-14-6-7-15-26/h8-13,16,24H,4-7,14-15,17H2,1-3H3,(H,25,28). The van der Waals surface area contributed by atoms with Crippen LogP contribution in [0.3, 0.4) is 0 Å². The van der Waals surface area contributed by atoms with Crippen molar-refractivity contribution in [2.75, 3.05) is 48.3 Å². The fraction of sp³-hybridized carbons (Fsp3) is 0.435. The Balaban J connectivity index is 1.61. The second kappa shape index (κ2) is 10.2. The highest BCUT2D eigenvalue weighted by Gasteiger charge is 2.23. The molecule has 1 aliphatic rings. The maximum Gasteiger partial charge on any atom is 0.243 e. The summed E-state index contributed by atoms with van der Waals surface area (Å²) in [6, 6.07) is 13.0. The molecule has 7 nitrogen and oxygen atoms in total. The Kier molecular flexibility index (Phi) is 7.56. The van der Waals surface area contributed by atoms with Crippen LogP contribution >= 0.6 is 0 Å². The molecule has 0 unspecified atom stereocenters. The van der Waals surface area contributed by atoms with E-state index in [-0.39, 0.29) is 17.3 Å². The van der Waals surface area contributed by atoms with Crippen molar-refractivity contribution < 1.29 is 13.2 Å². The van der Waals surface area contributed by atoms with Gasteiger partial charge in [-0.1, -0.05) is 19.9 Å². The van der Waals surface area contributed by atoms with Crippen molar-refractivity contribution >= 4 is 33.0 Å². The second-order valence-electron chi connectivity index (χ2n) is 7.71. The van der Waals surface area contributed by atoms with Crippen LogP contribution in [0.5, 0.6) is 0 Å². The molecule has 3 rings (SSSR count). The molecule has 0 radical (unpaired) electrons.